The van der Waals surface area contributed by atoms with Crippen molar-refractivity contribution in [2.75, 3.05) is 38.3 Å². The molecule has 128 valence electrons. The SMILES string of the molecule is COC(=O)CCn1c(=O)nc(C)c2cc(N3CCOCC3)ccc21. The summed E-state index contributed by atoms with van der Waals surface area (Å²) in [7, 11) is 1.34. The first-order valence-electron chi connectivity index (χ1n) is 8.01. The van der Waals surface area contributed by atoms with Crippen LogP contribution in [0, 0.1) is 6.92 Å². The number of hydrogen-bond acceptors (Lipinski definition) is 6. The molecule has 1 fully saturated rings. The predicted molar refractivity (Wildman–Crippen MR) is 90.4 cm³/mol. The minimum Gasteiger partial charge on any atom is -0.469 e. The van der Waals surface area contributed by atoms with Gasteiger partial charge in [0.25, 0.3) is 0 Å². The van der Waals surface area contributed by atoms with Crippen molar-refractivity contribution < 1.29 is 14.3 Å². The molecule has 0 aliphatic carbocycles. The second-order valence-electron chi connectivity index (χ2n) is 5.76. The fourth-order valence-electron chi connectivity index (χ4n) is 2.96. The Labute approximate surface area is 139 Å². The number of nitrogens with zero attached hydrogens (tertiary/aromatic N) is 3. The van der Waals surface area contributed by atoms with Crippen LogP contribution in [0.2, 0.25) is 0 Å². The Morgan fingerprint density at radius 3 is 2.79 bits per heavy atom. The molecule has 24 heavy (non-hydrogen) atoms. The third-order valence-electron chi connectivity index (χ3n) is 4.30. The normalized spacial score (nSPS) is 14.8. The van der Waals surface area contributed by atoms with E-state index >= 15 is 0 Å². The lowest BCUT2D eigenvalue weighted by atomic mass is 10.1. The van der Waals surface area contributed by atoms with Gasteiger partial charge in [-0.25, -0.2) is 4.79 Å². The van der Waals surface area contributed by atoms with Crippen LogP contribution in [0.1, 0.15) is 12.1 Å². The Morgan fingerprint density at radius 1 is 1.33 bits per heavy atom. The monoisotopic (exact) mass is 331 g/mol. The zero-order valence-corrected chi connectivity index (χ0v) is 13.9. The van der Waals surface area contributed by atoms with Crippen LogP contribution in [0.25, 0.3) is 10.9 Å². The maximum absolute atomic E-state index is 12.2. The van der Waals surface area contributed by atoms with Crippen molar-refractivity contribution >= 4 is 22.6 Å². The number of fused-ring (bicyclic) bond motifs is 1. The average molecular weight is 331 g/mol. The number of methoxy groups -OCH3 is 1. The second kappa shape index (κ2) is 7.00. The quantitative estimate of drug-likeness (QED) is 0.781. The predicted octanol–water partition coefficient (Wildman–Crippen LogP) is 1.10. The molecule has 1 aromatic carbocycles. The highest BCUT2D eigenvalue weighted by molar-refractivity contribution is 5.85. The minimum absolute atomic E-state index is 0.140. The van der Waals surface area contributed by atoms with Crippen LogP contribution in [0.4, 0.5) is 5.69 Å². The highest BCUT2D eigenvalue weighted by Gasteiger charge is 2.14. The molecule has 0 bridgehead atoms. The van der Waals surface area contributed by atoms with Gasteiger partial charge in [0.05, 0.1) is 38.0 Å². The van der Waals surface area contributed by atoms with E-state index < -0.39 is 0 Å². The zero-order valence-electron chi connectivity index (χ0n) is 13.9. The third-order valence-corrected chi connectivity index (χ3v) is 4.30. The Bertz CT molecular complexity index is 809. The molecule has 0 amide bonds. The second-order valence-corrected chi connectivity index (χ2v) is 5.76. The summed E-state index contributed by atoms with van der Waals surface area (Å²) < 4.78 is 11.6. The largest absolute Gasteiger partial charge is 0.469 e. The molecule has 3 rings (SSSR count). The first-order chi connectivity index (χ1) is 11.6. The molecule has 0 radical (unpaired) electrons. The van der Waals surface area contributed by atoms with Crippen molar-refractivity contribution in [1.29, 1.82) is 0 Å². The molecule has 7 nitrogen and oxygen atoms in total. The smallest absolute Gasteiger partial charge is 0.348 e. The van der Waals surface area contributed by atoms with Gasteiger partial charge >= 0.3 is 11.7 Å². The lowest BCUT2D eigenvalue weighted by Crippen LogP contribution is -2.36. The number of aryl methyl sites for hydroxylation is 2. The zero-order chi connectivity index (χ0) is 17.1. The Hall–Kier alpha value is -2.41. The van der Waals surface area contributed by atoms with E-state index in [0.717, 1.165) is 29.7 Å². The molecular weight excluding hydrogens is 310 g/mol. The number of rotatable bonds is 4. The van der Waals surface area contributed by atoms with Crippen LogP contribution < -0.4 is 10.6 Å². The van der Waals surface area contributed by atoms with Gasteiger partial charge < -0.3 is 14.4 Å². The topological polar surface area (TPSA) is 73.7 Å². The number of esters is 1. The molecule has 2 heterocycles. The number of hydrogen-bond donors (Lipinski definition) is 0. The molecule has 0 atom stereocenters. The Balaban J connectivity index is 2.00. The molecule has 1 aliphatic rings. The van der Waals surface area contributed by atoms with E-state index in [-0.39, 0.29) is 24.6 Å². The van der Waals surface area contributed by atoms with Crippen molar-refractivity contribution in [3.63, 3.8) is 0 Å². The molecule has 0 unspecified atom stereocenters. The number of aromatic nitrogens is 2. The summed E-state index contributed by atoms with van der Waals surface area (Å²) in [5.74, 6) is -0.347. The Morgan fingerprint density at radius 2 is 2.08 bits per heavy atom. The lowest BCUT2D eigenvalue weighted by molar-refractivity contribution is -0.140. The number of carbonyl (C=O) groups is 1. The molecule has 1 saturated heterocycles. The van der Waals surface area contributed by atoms with E-state index in [0.29, 0.717) is 18.9 Å². The lowest BCUT2D eigenvalue weighted by Gasteiger charge is -2.29. The van der Waals surface area contributed by atoms with Crippen LogP contribution >= 0.6 is 0 Å². The highest BCUT2D eigenvalue weighted by Crippen LogP contribution is 2.24. The van der Waals surface area contributed by atoms with Crippen molar-refractivity contribution in [2.45, 2.75) is 19.9 Å². The van der Waals surface area contributed by atoms with Gasteiger partial charge in [0.2, 0.25) is 0 Å². The number of benzene rings is 1. The van der Waals surface area contributed by atoms with Crippen molar-refractivity contribution in [3.05, 3.63) is 34.4 Å². The van der Waals surface area contributed by atoms with E-state index in [4.69, 9.17) is 4.74 Å². The van der Waals surface area contributed by atoms with Gasteiger partial charge in [-0.15, -0.1) is 0 Å². The van der Waals surface area contributed by atoms with Crippen molar-refractivity contribution in [3.8, 4) is 0 Å². The number of ether oxygens (including phenoxy) is 2. The summed E-state index contributed by atoms with van der Waals surface area (Å²) in [6.45, 7) is 5.21. The minimum atomic E-state index is -0.347. The van der Waals surface area contributed by atoms with E-state index in [2.05, 4.69) is 20.7 Å². The van der Waals surface area contributed by atoms with Crippen molar-refractivity contribution in [1.82, 2.24) is 9.55 Å². The fraction of sp³-hybridized carbons (Fsp3) is 0.471. The molecule has 0 saturated carbocycles. The van der Waals surface area contributed by atoms with E-state index in [9.17, 15) is 9.59 Å². The number of morpholine rings is 1. The van der Waals surface area contributed by atoms with Crippen LogP contribution in [0.5, 0.6) is 0 Å². The van der Waals surface area contributed by atoms with Gasteiger partial charge in [-0.2, -0.15) is 4.98 Å². The van der Waals surface area contributed by atoms with Gasteiger partial charge in [0, 0.05) is 30.7 Å². The molecule has 7 heteroatoms. The summed E-state index contributed by atoms with van der Waals surface area (Å²) >= 11 is 0. The van der Waals surface area contributed by atoms with E-state index in [1.807, 2.05) is 19.1 Å². The maximum Gasteiger partial charge on any atom is 0.348 e. The summed E-state index contributed by atoms with van der Waals surface area (Å²) in [6.07, 6.45) is 0.140. The van der Waals surface area contributed by atoms with Crippen LogP contribution in [-0.2, 0) is 20.8 Å². The summed E-state index contributed by atoms with van der Waals surface area (Å²) in [6, 6.07) is 5.98. The average Bonchev–Trinajstić information content (AvgIpc) is 2.61. The first kappa shape index (κ1) is 16.4. The van der Waals surface area contributed by atoms with Gasteiger partial charge in [0.15, 0.2) is 0 Å². The Kier molecular flexibility index (Phi) is 4.80. The van der Waals surface area contributed by atoms with Crippen LogP contribution in [-0.4, -0.2) is 48.9 Å². The van der Waals surface area contributed by atoms with Gasteiger partial charge in [-0.05, 0) is 25.1 Å². The maximum atomic E-state index is 12.2. The van der Waals surface area contributed by atoms with Crippen LogP contribution in [0.3, 0.4) is 0 Å². The molecule has 2 aromatic rings. The third kappa shape index (κ3) is 3.26. The molecule has 1 aliphatic heterocycles. The fourth-order valence-corrected chi connectivity index (χ4v) is 2.96. The summed E-state index contributed by atoms with van der Waals surface area (Å²) in [5, 5.41) is 0.920. The van der Waals surface area contributed by atoms with Gasteiger partial charge in [-0.1, -0.05) is 0 Å². The van der Waals surface area contributed by atoms with E-state index in [1.165, 1.54) is 11.7 Å². The molecular formula is C17H21N3O4. The standard InChI is InChI=1S/C17H21N3O4/c1-12-14-11-13(19-7-9-24-10-8-19)3-4-15(14)20(17(22)18-12)6-5-16(21)23-2/h3-4,11H,5-10H2,1-2H3. The van der Waals surface area contributed by atoms with Crippen molar-refractivity contribution in [2.24, 2.45) is 0 Å². The summed E-state index contributed by atoms with van der Waals surface area (Å²) in [4.78, 5) is 30.0. The van der Waals surface area contributed by atoms with Gasteiger partial charge in [-0.3, -0.25) is 9.36 Å². The molecule has 1 aromatic heterocycles. The van der Waals surface area contributed by atoms with Gasteiger partial charge in [0.1, 0.15) is 0 Å². The summed E-state index contributed by atoms with van der Waals surface area (Å²) in [5.41, 5.74) is 2.23. The number of carbonyl (C=O) groups excluding carboxylic acids is 1. The van der Waals surface area contributed by atoms with E-state index in [1.54, 1.807) is 0 Å². The highest BCUT2D eigenvalue weighted by atomic mass is 16.5. The molecule has 0 N–H and O–H groups in total. The first-order valence-corrected chi connectivity index (χ1v) is 8.01. The molecule has 0 spiro atoms. The number of anilines is 1. The van der Waals surface area contributed by atoms with Crippen LogP contribution in [0.15, 0.2) is 23.0 Å².